The molecule has 0 atom stereocenters. The minimum Gasteiger partial charge on any atom is -0.378 e. The minimum absolute atomic E-state index is 0.0347. The molecule has 1 heterocycles. The summed E-state index contributed by atoms with van der Waals surface area (Å²) in [6.45, 7) is 2.44. The van der Waals surface area contributed by atoms with E-state index in [1.807, 2.05) is 0 Å². The van der Waals surface area contributed by atoms with E-state index in [0.717, 1.165) is 25.9 Å². The number of benzene rings is 1. The van der Waals surface area contributed by atoms with E-state index in [1.165, 1.54) is 0 Å². The van der Waals surface area contributed by atoms with Crippen molar-refractivity contribution in [2.45, 2.75) is 25.4 Å². The van der Waals surface area contributed by atoms with Gasteiger partial charge in [-0.15, -0.1) is 0 Å². The van der Waals surface area contributed by atoms with Crippen LogP contribution in [0.25, 0.3) is 0 Å². The Morgan fingerprint density at radius 1 is 1.26 bits per heavy atom. The Hall–Kier alpha value is -0.610. The second kappa shape index (κ2) is 7.25. The molecule has 1 aromatic rings. The standard InChI is InChI=1S/C14H17Cl2NO2/c15-12-2-1-10(9-13(12)16)14(18)5-8-19-11-3-6-17-7-4-11/h1-2,9,11,17H,3-8H2. The lowest BCUT2D eigenvalue weighted by molar-refractivity contribution is 0.0313. The summed E-state index contributed by atoms with van der Waals surface area (Å²) in [5, 5.41) is 4.15. The van der Waals surface area contributed by atoms with Crippen LogP contribution in [-0.4, -0.2) is 31.6 Å². The zero-order valence-corrected chi connectivity index (χ0v) is 12.1. The summed E-state index contributed by atoms with van der Waals surface area (Å²) in [4.78, 5) is 12.0. The molecule has 0 spiro atoms. The second-order valence-corrected chi connectivity index (χ2v) is 5.44. The lowest BCUT2D eigenvalue weighted by Crippen LogP contribution is -2.32. The zero-order valence-electron chi connectivity index (χ0n) is 10.6. The smallest absolute Gasteiger partial charge is 0.165 e. The molecule has 0 saturated carbocycles. The lowest BCUT2D eigenvalue weighted by atomic mass is 10.1. The molecule has 0 radical (unpaired) electrons. The van der Waals surface area contributed by atoms with E-state index in [4.69, 9.17) is 27.9 Å². The van der Waals surface area contributed by atoms with E-state index in [1.54, 1.807) is 18.2 Å². The fourth-order valence-electron chi connectivity index (χ4n) is 2.09. The normalized spacial score (nSPS) is 16.5. The number of ether oxygens (including phenoxy) is 1. The molecule has 0 amide bonds. The fourth-order valence-corrected chi connectivity index (χ4v) is 2.39. The van der Waals surface area contributed by atoms with Crippen LogP contribution in [0.3, 0.4) is 0 Å². The first-order valence-corrected chi connectivity index (χ1v) is 7.23. The highest BCUT2D eigenvalue weighted by atomic mass is 35.5. The number of carbonyl (C=O) groups excluding carboxylic acids is 1. The monoisotopic (exact) mass is 301 g/mol. The van der Waals surface area contributed by atoms with Crippen LogP contribution in [0.5, 0.6) is 0 Å². The van der Waals surface area contributed by atoms with E-state index in [2.05, 4.69) is 5.32 Å². The number of ketones is 1. The predicted molar refractivity (Wildman–Crippen MR) is 77.3 cm³/mol. The maximum atomic E-state index is 12.0. The summed E-state index contributed by atoms with van der Waals surface area (Å²) in [6.07, 6.45) is 2.69. The number of hydrogen-bond acceptors (Lipinski definition) is 3. The van der Waals surface area contributed by atoms with Crippen molar-refractivity contribution < 1.29 is 9.53 Å². The van der Waals surface area contributed by atoms with Gasteiger partial charge in [0.1, 0.15) is 0 Å². The van der Waals surface area contributed by atoms with Crippen molar-refractivity contribution in [3.05, 3.63) is 33.8 Å². The van der Waals surface area contributed by atoms with Gasteiger partial charge in [0.15, 0.2) is 5.78 Å². The maximum absolute atomic E-state index is 12.0. The third kappa shape index (κ3) is 4.46. The van der Waals surface area contributed by atoms with Crippen LogP contribution in [-0.2, 0) is 4.74 Å². The highest BCUT2D eigenvalue weighted by Crippen LogP contribution is 2.23. The van der Waals surface area contributed by atoms with E-state index < -0.39 is 0 Å². The molecular weight excluding hydrogens is 285 g/mol. The first-order chi connectivity index (χ1) is 9.16. The number of nitrogens with one attached hydrogen (secondary N) is 1. The summed E-state index contributed by atoms with van der Waals surface area (Å²) in [6, 6.07) is 4.95. The molecule has 1 N–H and O–H groups in total. The van der Waals surface area contributed by atoms with Gasteiger partial charge in [0.05, 0.1) is 22.8 Å². The summed E-state index contributed by atoms with van der Waals surface area (Å²) >= 11 is 11.7. The van der Waals surface area contributed by atoms with Crippen LogP contribution in [0.15, 0.2) is 18.2 Å². The molecule has 1 aliphatic heterocycles. The van der Waals surface area contributed by atoms with Crippen LogP contribution in [0.1, 0.15) is 29.6 Å². The van der Waals surface area contributed by atoms with Crippen LogP contribution in [0, 0.1) is 0 Å². The van der Waals surface area contributed by atoms with E-state index in [0.29, 0.717) is 28.6 Å². The van der Waals surface area contributed by atoms with Crippen molar-refractivity contribution >= 4 is 29.0 Å². The molecule has 19 heavy (non-hydrogen) atoms. The Morgan fingerprint density at radius 2 is 2.00 bits per heavy atom. The molecule has 0 bridgehead atoms. The van der Waals surface area contributed by atoms with Crippen molar-refractivity contribution in [1.82, 2.24) is 5.32 Å². The molecule has 1 aromatic carbocycles. The Bertz CT molecular complexity index is 445. The lowest BCUT2D eigenvalue weighted by Gasteiger charge is -2.22. The fraction of sp³-hybridized carbons (Fsp3) is 0.500. The Morgan fingerprint density at radius 3 is 2.68 bits per heavy atom. The van der Waals surface area contributed by atoms with Gasteiger partial charge in [-0.05, 0) is 44.1 Å². The average Bonchev–Trinajstić information content (AvgIpc) is 2.43. The van der Waals surface area contributed by atoms with Gasteiger partial charge in [0.25, 0.3) is 0 Å². The summed E-state index contributed by atoms with van der Waals surface area (Å²) in [7, 11) is 0. The number of carbonyl (C=O) groups is 1. The van der Waals surface area contributed by atoms with Gasteiger partial charge in [-0.3, -0.25) is 4.79 Å². The van der Waals surface area contributed by atoms with Gasteiger partial charge in [0, 0.05) is 12.0 Å². The number of hydrogen-bond donors (Lipinski definition) is 1. The molecule has 3 nitrogen and oxygen atoms in total. The Balaban J connectivity index is 1.78. The molecule has 104 valence electrons. The highest BCUT2D eigenvalue weighted by molar-refractivity contribution is 6.42. The van der Waals surface area contributed by atoms with Crippen LogP contribution < -0.4 is 5.32 Å². The van der Waals surface area contributed by atoms with Crippen molar-refractivity contribution in [3.63, 3.8) is 0 Å². The summed E-state index contributed by atoms with van der Waals surface area (Å²) in [5.74, 6) is 0.0347. The van der Waals surface area contributed by atoms with Crippen molar-refractivity contribution in [2.24, 2.45) is 0 Å². The predicted octanol–water partition coefficient (Wildman–Crippen LogP) is 3.33. The highest BCUT2D eigenvalue weighted by Gasteiger charge is 2.14. The van der Waals surface area contributed by atoms with Crippen molar-refractivity contribution in [2.75, 3.05) is 19.7 Å². The number of halogens is 2. The van der Waals surface area contributed by atoms with Gasteiger partial charge >= 0.3 is 0 Å². The first kappa shape index (κ1) is 14.8. The average molecular weight is 302 g/mol. The molecule has 5 heteroatoms. The van der Waals surface area contributed by atoms with Crippen LogP contribution >= 0.6 is 23.2 Å². The van der Waals surface area contributed by atoms with Gasteiger partial charge in [0.2, 0.25) is 0 Å². The maximum Gasteiger partial charge on any atom is 0.165 e. The second-order valence-electron chi connectivity index (χ2n) is 4.62. The van der Waals surface area contributed by atoms with Crippen molar-refractivity contribution in [1.29, 1.82) is 0 Å². The van der Waals surface area contributed by atoms with Gasteiger partial charge in [-0.1, -0.05) is 23.2 Å². The van der Waals surface area contributed by atoms with Gasteiger partial charge in [-0.25, -0.2) is 0 Å². The molecule has 1 aliphatic rings. The van der Waals surface area contributed by atoms with E-state index in [9.17, 15) is 4.79 Å². The first-order valence-electron chi connectivity index (χ1n) is 6.47. The quantitative estimate of drug-likeness (QED) is 0.848. The third-order valence-corrected chi connectivity index (χ3v) is 3.95. The van der Waals surface area contributed by atoms with Gasteiger partial charge in [-0.2, -0.15) is 0 Å². The van der Waals surface area contributed by atoms with Crippen molar-refractivity contribution in [3.8, 4) is 0 Å². The third-order valence-electron chi connectivity index (χ3n) is 3.21. The summed E-state index contributed by atoms with van der Waals surface area (Å²) < 4.78 is 5.71. The van der Waals surface area contributed by atoms with Gasteiger partial charge < -0.3 is 10.1 Å². The number of piperidine rings is 1. The Labute approximate surface area is 123 Å². The largest absolute Gasteiger partial charge is 0.378 e. The van der Waals surface area contributed by atoms with E-state index in [-0.39, 0.29) is 11.9 Å². The SMILES string of the molecule is O=C(CCOC1CCNCC1)c1ccc(Cl)c(Cl)c1. The topological polar surface area (TPSA) is 38.3 Å². The van der Waals surface area contributed by atoms with Crippen LogP contribution in [0.4, 0.5) is 0 Å². The number of Topliss-reactive ketones (excluding diaryl/α,β-unsaturated/α-hetero) is 1. The Kier molecular flexibility index (Phi) is 5.64. The van der Waals surface area contributed by atoms with Crippen LogP contribution in [0.2, 0.25) is 10.0 Å². The zero-order chi connectivity index (χ0) is 13.7. The molecule has 0 unspecified atom stereocenters. The minimum atomic E-state index is 0.0347. The molecule has 1 fully saturated rings. The molecular formula is C14H17Cl2NO2. The summed E-state index contributed by atoms with van der Waals surface area (Å²) in [5.41, 5.74) is 0.586. The molecule has 0 aliphatic carbocycles. The van der Waals surface area contributed by atoms with E-state index >= 15 is 0 Å². The molecule has 1 saturated heterocycles. The molecule has 0 aromatic heterocycles. The molecule has 2 rings (SSSR count). The number of rotatable bonds is 5.